The summed E-state index contributed by atoms with van der Waals surface area (Å²) in [4.78, 5) is 0. The molecule has 0 unspecified atom stereocenters. The Morgan fingerprint density at radius 1 is 1.40 bits per heavy atom. The van der Waals surface area contributed by atoms with Gasteiger partial charge in [-0.05, 0) is 11.6 Å². The number of alkyl halides is 1. The predicted molar refractivity (Wildman–Crippen MR) is 43.6 cm³/mol. The number of benzene rings is 1. The molecule has 0 saturated carbocycles. The fraction of sp³-hybridized carbons (Fsp3) is 0.143. The average Bonchev–Trinajstić information content (AvgIpc) is 1.88. The Morgan fingerprint density at radius 2 is 2.10 bits per heavy atom. The zero-order valence-corrected chi connectivity index (χ0v) is 6.91. The summed E-state index contributed by atoms with van der Waals surface area (Å²) in [5.41, 5.74) is 5.60. The lowest BCUT2D eigenvalue weighted by Crippen LogP contribution is -2.39. The Kier molecular flexibility index (Phi) is 2.55. The number of hydrogen-bond acceptors (Lipinski definition) is 0. The van der Waals surface area contributed by atoms with E-state index < -0.39 is 0 Å². The highest BCUT2D eigenvalue weighted by molar-refractivity contribution is 6.32. The van der Waals surface area contributed by atoms with Gasteiger partial charge in [0.25, 0.3) is 0 Å². The van der Waals surface area contributed by atoms with E-state index in [0.29, 0.717) is 10.9 Å². The second kappa shape index (κ2) is 3.24. The van der Waals surface area contributed by atoms with E-state index in [0.717, 1.165) is 11.3 Å². The van der Waals surface area contributed by atoms with Gasteiger partial charge in [0, 0.05) is 11.9 Å². The van der Waals surface area contributed by atoms with Gasteiger partial charge in [0.15, 0.2) is 0 Å². The van der Waals surface area contributed by atoms with Gasteiger partial charge in [-0.25, -0.2) is 0 Å². The molecule has 1 aromatic carbocycles. The maximum atomic E-state index is 5.81. The normalized spacial score (nSPS) is 9.90. The van der Waals surface area contributed by atoms with Crippen molar-refractivity contribution in [3.8, 4) is 0 Å². The first-order valence-electron chi connectivity index (χ1n) is 2.90. The molecule has 0 aromatic heterocycles. The largest absolute Gasteiger partial charge is 0.325 e. The van der Waals surface area contributed by atoms with Crippen molar-refractivity contribution in [2.75, 3.05) is 0 Å². The molecular weight excluding hydrogens is 169 g/mol. The molecule has 0 heterocycles. The molecule has 0 bridgehead atoms. The predicted octanol–water partition coefficient (Wildman–Crippen LogP) is 1.95. The van der Waals surface area contributed by atoms with Crippen LogP contribution in [0.3, 0.4) is 0 Å². The number of halogens is 2. The third-order valence-electron chi connectivity index (χ3n) is 1.26. The van der Waals surface area contributed by atoms with Gasteiger partial charge in [0.1, 0.15) is 5.69 Å². The van der Waals surface area contributed by atoms with E-state index in [4.69, 9.17) is 23.2 Å². The molecule has 1 rings (SSSR count). The number of hydrogen-bond donors (Lipinski definition) is 1. The van der Waals surface area contributed by atoms with Gasteiger partial charge in [-0.3, -0.25) is 0 Å². The lowest BCUT2D eigenvalue weighted by molar-refractivity contribution is -0.254. The second-order valence-electron chi connectivity index (χ2n) is 2.06. The van der Waals surface area contributed by atoms with E-state index in [9.17, 15) is 0 Å². The van der Waals surface area contributed by atoms with Crippen LogP contribution in [0, 0.1) is 0 Å². The van der Waals surface area contributed by atoms with Crippen LogP contribution in [0.4, 0.5) is 5.69 Å². The van der Waals surface area contributed by atoms with E-state index >= 15 is 0 Å². The minimum Gasteiger partial charge on any atom is -0.325 e. The van der Waals surface area contributed by atoms with Crippen molar-refractivity contribution in [1.29, 1.82) is 0 Å². The lowest BCUT2D eigenvalue weighted by Gasteiger charge is -1.96. The highest BCUT2D eigenvalue weighted by Crippen LogP contribution is 2.19. The topological polar surface area (TPSA) is 27.6 Å². The Morgan fingerprint density at radius 3 is 2.60 bits per heavy atom. The van der Waals surface area contributed by atoms with E-state index in [1.54, 1.807) is 6.07 Å². The smallest absolute Gasteiger partial charge is 0.129 e. The first kappa shape index (κ1) is 7.86. The fourth-order valence-corrected chi connectivity index (χ4v) is 1.27. The van der Waals surface area contributed by atoms with Crippen molar-refractivity contribution in [2.45, 2.75) is 5.88 Å². The summed E-state index contributed by atoms with van der Waals surface area (Å²) in [6, 6.07) is 5.58. The van der Waals surface area contributed by atoms with E-state index in [-0.39, 0.29) is 0 Å². The molecular formula is C7H8Cl2N+. The van der Waals surface area contributed by atoms with Crippen LogP contribution in [0.5, 0.6) is 0 Å². The van der Waals surface area contributed by atoms with Crippen LogP contribution in [0.2, 0.25) is 5.02 Å². The Hall–Kier alpha value is -0.240. The Bertz CT molecular complexity index is 235. The zero-order chi connectivity index (χ0) is 7.56. The highest BCUT2D eigenvalue weighted by atomic mass is 35.5. The van der Waals surface area contributed by atoms with Gasteiger partial charge in [-0.1, -0.05) is 17.7 Å². The van der Waals surface area contributed by atoms with Crippen molar-refractivity contribution < 1.29 is 5.73 Å². The van der Waals surface area contributed by atoms with Crippen molar-refractivity contribution in [2.24, 2.45) is 0 Å². The quantitative estimate of drug-likeness (QED) is 0.635. The first-order valence-corrected chi connectivity index (χ1v) is 3.81. The lowest BCUT2D eigenvalue weighted by atomic mass is 10.2. The summed E-state index contributed by atoms with van der Waals surface area (Å²) in [5, 5.41) is 0.697. The van der Waals surface area contributed by atoms with Crippen LogP contribution in [0.25, 0.3) is 0 Å². The highest BCUT2D eigenvalue weighted by Gasteiger charge is 1.98. The van der Waals surface area contributed by atoms with Gasteiger partial charge >= 0.3 is 0 Å². The van der Waals surface area contributed by atoms with Crippen molar-refractivity contribution in [1.82, 2.24) is 0 Å². The average molecular weight is 177 g/mol. The SMILES string of the molecule is [NH3+]c1ccc(CCl)c(Cl)c1. The third kappa shape index (κ3) is 1.63. The molecule has 3 N–H and O–H groups in total. The van der Waals surface area contributed by atoms with Crippen LogP contribution >= 0.6 is 23.2 Å². The summed E-state index contributed by atoms with van der Waals surface area (Å²) in [5.74, 6) is 0.457. The van der Waals surface area contributed by atoms with E-state index in [2.05, 4.69) is 5.73 Å². The molecule has 0 spiro atoms. The summed E-state index contributed by atoms with van der Waals surface area (Å²) < 4.78 is 0. The molecule has 0 amide bonds. The summed E-state index contributed by atoms with van der Waals surface area (Å²) in [6.07, 6.45) is 0. The van der Waals surface area contributed by atoms with Crippen LogP contribution < -0.4 is 5.73 Å². The summed E-state index contributed by atoms with van der Waals surface area (Å²) in [7, 11) is 0. The molecule has 3 heteroatoms. The second-order valence-corrected chi connectivity index (χ2v) is 2.73. The minimum atomic E-state index is 0.457. The standard InChI is InChI=1S/C7H7Cl2N/c8-4-5-1-2-6(10)3-7(5)9/h1-3H,4,10H2/p+1. The number of quaternary nitrogens is 1. The van der Waals surface area contributed by atoms with Crippen molar-refractivity contribution in [3.63, 3.8) is 0 Å². The molecule has 0 atom stereocenters. The van der Waals surface area contributed by atoms with Gasteiger partial charge in [-0.15, -0.1) is 11.6 Å². The van der Waals surface area contributed by atoms with E-state index in [1.165, 1.54) is 0 Å². The molecule has 0 saturated heterocycles. The molecule has 0 aliphatic rings. The van der Waals surface area contributed by atoms with Crippen LogP contribution in [0.15, 0.2) is 18.2 Å². The molecule has 54 valence electrons. The van der Waals surface area contributed by atoms with Gasteiger partial charge in [0.2, 0.25) is 0 Å². The fourth-order valence-electron chi connectivity index (χ4n) is 0.699. The van der Waals surface area contributed by atoms with Gasteiger partial charge < -0.3 is 5.73 Å². The molecule has 0 aliphatic carbocycles. The van der Waals surface area contributed by atoms with Crippen LogP contribution in [-0.2, 0) is 5.88 Å². The number of rotatable bonds is 1. The maximum absolute atomic E-state index is 5.81. The molecule has 0 aliphatic heterocycles. The molecule has 0 fully saturated rings. The first-order chi connectivity index (χ1) is 4.74. The van der Waals surface area contributed by atoms with Crippen LogP contribution in [0.1, 0.15) is 5.56 Å². The van der Waals surface area contributed by atoms with E-state index in [1.807, 2.05) is 12.1 Å². The maximum Gasteiger partial charge on any atom is 0.129 e. The Balaban J connectivity index is 3.07. The summed E-state index contributed by atoms with van der Waals surface area (Å²) >= 11 is 11.4. The molecule has 1 aromatic rings. The Labute approximate surface area is 69.7 Å². The third-order valence-corrected chi connectivity index (χ3v) is 1.90. The minimum absolute atomic E-state index is 0.457. The zero-order valence-electron chi connectivity index (χ0n) is 5.40. The summed E-state index contributed by atoms with van der Waals surface area (Å²) in [6.45, 7) is 0. The molecule has 1 nitrogen and oxygen atoms in total. The molecule has 10 heavy (non-hydrogen) atoms. The van der Waals surface area contributed by atoms with Crippen LogP contribution in [-0.4, -0.2) is 0 Å². The molecule has 0 radical (unpaired) electrons. The van der Waals surface area contributed by atoms with Crippen molar-refractivity contribution >= 4 is 28.9 Å². The van der Waals surface area contributed by atoms with Crippen molar-refractivity contribution in [3.05, 3.63) is 28.8 Å². The monoisotopic (exact) mass is 176 g/mol. The van der Waals surface area contributed by atoms with Gasteiger partial charge in [-0.2, -0.15) is 0 Å². The van der Waals surface area contributed by atoms with Gasteiger partial charge in [0.05, 0.1) is 5.02 Å².